The molecule has 2 amide bonds. The van der Waals surface area contributed by atoms with Crippen LogP contribution in [0.25, 0.3) is 0 Å². The lowest BCUT2D eigenvalue weighted by Gasteiger charge is -2.08. The first kappa shape index (κ1) is 17.9. The highest BCUT2D eigenvalue weighted by molar-refractivity contribution is 5.94. The number of hydrogen-bond acceptors (Lipinski definition) is 5. The fourth-order valence-electron chi connectivity index (χ4n) is 1.66. The van der Waals surface area contributed by atoms with Crippen LogP contribution >= 0.6 is 0 Å². The number of amides is 2. The molecule has 122 valence electrons. The molecule has 0 aromatic heterocycles. The van der Waals surface area contributed by atoms with E-state index in [9.17, 15) is 9.59 Å². The molecule has 0 saturated heterocycles. The van der Waals surface area contributed by atoms with Crippen LogP contribution < -0.4 is 20.7 Å². The van der Waals surface area contributed by atoms with E-state index in [1.54, 1.807) is 38.5 Å². The van der Waals surface area contributed by atoms with E-state index >= 15 is 0 Å². The van der Waals surface area contributed by atoms with Gasteiger partial charge in [-0.3, -0.25) is 9.59 Å². The molecule has 1 aromatic rings. The van der Waals surface area contributed by atoms with Crippen LogP contribution in [0.1, 0.15) is 10.4 Å². The van der Waals surface area contributed by atoms with Gasteiger partial charge in [-0.25, -0.2) is 0 Å². The van der Waals surface area contributed by atoms with Crippen LogP contribution in [0.4, 0.5) is 0 Å². The maximum Gasteiger partial charge on any atom is 0.251 e. The third-order valence-corrected chi connectivity index (χ3v) is 2.85. The second-order valence-electron chi connectivity index (χ2n) is 4.50. The van der Waals surface area contributed by atoms with E-state index in [1.807, 2.05) is 0 Å². The molecule has 0 aliphatic rings. The van der Waals surface area contributed by atoms with Gasteiger partial charge in [-0.05, 0) is 24.3 Å². The fourth-order valence-corrected chi connectivity index (χ4v) is 1.66. The van der Waals surface area contributed by atoms with E-state index < -0.39 is 0 Å². The minimum atomic E-state index is -0.185. The SMILES string of the molecule is COCCNCC(=O)NCCNC(=O)c1ccc(OC)cc1. The lowest BCUT2D eigenvalue weighted by molar-refractivity contribution is -0.120. The molecule has 0 aliphatic heterocycles. The monoisotopic (exact) mass is 309 g/mol. The molecule has 0 spiro atoms. The van der Waals surface area contributed by atoms with Crippen LogP contribution in [-0.4, -0.2) is 58.8 Å². The Morgan fingerprint density at radius 2 is 1.68 bits per heavy atom. The van der Waals surface area contributed by atoms with E-state index in [0.717, 1.165) is 0 Å². The van der Waals surface area contributed by atoms with Crippen molar-refractivity contribution >= 4 is 11.8 Å². The van der Waals surface area contributed by atoms with Gasteiger partial charge in [0.2, 0.25) is 5.91 Å². The molecule has 0 bridgehead atoms. The van der Waals surface area contributed by atoms with Gasteiger partial charge in [0.1, 0.15) is 5.75 Å². The second kappa shape index (κ2) is 10.6. The molecule has 1 rings (SSSR count). The predicted octanol–water partition coefficient (Wildman–Crippen LogP) is -0.223. The summed E-state index contributed by atoms with van der Waals surface area (Å²) < 4.78 is 9.88. The van der Waals surface area contributed by atoms with Gasteiger partial charge >= 0.3 is 0 Å². The third kappa shape index (κ3) is 7.05. The summed E-state index contributed by atoms with van der Waals surface area (Å²) in [7, 11) is 3.18. The summed E-state index contributed by atoms with van der Waals surface area (Å²) in [5, 5.41) is 8.38. The van der Waals surface area contributed by atoms with Gasteiger partial charge in [-0.1, -0.05) is 0 Å². The van der Waals surface area contributed by atoms with Crippen molar-refractivity contribution in [2.75, 3.05) is 47.0 Å². The lowest BCUT2D eigenvalue weighted by Crippen LogP contribution is -2.39. The van der Waals surface area contributed by atoms with Gasteiger partial charge in [0, 0.05) is 32.3 Å². The minimum Gasteiger partial charge on any atom is -0.497 e. The standard InChI is InChI=1S/C15H23N3O4/c1-21-10-9-16-11-14(19)17-7-8-18-15(20)12-3-5-13(22-2)6-4-12/h3-6,16H,7-11H2,1-2H3,(H,17,19)(H,18,20). The van der Waals surface area contributed by atoms with Gasteiger partial charge in [0.05, 0.1) is 20.3 Å². The Kier molecular flexibility index (Phi) is 8.63. The zero-order chi connectivity index (χ0) is 16.2. The number of rotatable bonds is 10. The van der Waals surface area contributed by atoms with Crippen LogP contribution in [0, 0.1) is 0 Å². The summed E-state index contributed by atoms with van der Waals surface area (Å²) in [6.45, 7) is 2.17. The highest BCUT2D eigenvalue weighted by Gasteiger charge is 2.05. The van der Waals surface area contributed by atoms with Crippen molar-refractivity contribution < 1.29 is 19.1 Å². The molecule has 22 heavy (non-hydrogen) atoms. The van der Waals surface area contributed by atoms with Crippen LogP contribution in [0.5, 0.6) is 5.75 Å². The average molecular weight is 309 g/mol. The Labute approximate surface area is 130 Å². The summed E-state index contributed by atoms with van der Waals surface area (Å²) in [4.78, 5) is 23.3. The summed E-state index contributed by atoms with van der Waals surface area (Å²) >= 11 is 0. The summed E-state index contributed by atoms with van der Waals surface area (Å²) in [5.41, 5.74) is 0.549. The number of benzene rings is 1. The van der Waals surface area contributed by atoms with Gasteiger partial charge < -0.3 is 25.4 Å². The molecule has 0 radical (unpaired) electrons. The first-order valence-corrected chi connectivity index (χ1v) is 7.06. The largest absolute Gasteiger partial charge is 0.497 e. The van der Waals surface area contributed by atoms with Crippen molar-refractivity contribution in [3.05, 3.63) is 29.8 Å². The highest BCUT2D eigenvalue weighted by atomic mass is 16.5. The Morgan fingerprint density at radius 3 is 2.32 bits per heavy atom. The number of ether oxygens (including phenoxy) is 2. The van der Waals surface area contributed by atoms with Gasteiger partial charge in [0.25, 0.3) is 5.91 Å². The maximum absolute atomic E-state index is 11.8. The normalized spacial score (nSPS) is 10.1. The topological polar surface area (TPSA) is 88.7 Å². The summed E-state index contributed by atoms with van der Waals surface area (Å²) in [6.07, 6.45) is 0. The fraction of sp³-hybridized carbons (Fsp3) is 0.467. The molecule has 0 atom stereocenters. The molecule has 0 saturated carbocycles. The average Bonchev–Trinajstić information content (AvgIpc) is 2.55. The van der Waals surface area contributed by atoms with E-state index in [2.05, 4.69) is 16.0 Å². The van der Waals surface area contributed by atoms with Gasteiger partial charge in [-0.2, -0.15) is 0 Å². The van der Waals surface area contributed by atoms with Gasteiger partial charge in [-0.15, -0.1) is 0 Å². The molecule has 7 heteroatoms. The van der Waals surface area contributed by atoms with Crippen LogP contribution in [0.15, 0.2) is 24.3 Å². The zero-order valence-electron chi connectivity index (χ0n) is 13.0. The number of carbonyl (C=O) groups excluding carboxylic acids is 2. The lowest BCUT2D eigenvalue weighted by atomic mass is 10.2. The number of methoxy groups -OCH3 is 2. The molecule has 3 N–H and O–H groups in total. The summed E-state index contributed by atoms with van der Waals surface area (Å²) in [5.74, 6) is 0.398. The third-order valence-electron chi connectivity index (χ3n) is 2.85. The quantitative estimate of drug-likeness (QED) is 0.520. The zero-order valence-corrected chi connectivity index (χ0v) is 13.0. The summed E-state index contributed by atoms with van der Waals surface area (Å²) in [6, 6.07) is 6.82. The number of hydrogen-bond donors (Lipinski definition) is 3. The van der Waals surface area contributed by atoms with E-state index in [-0.39, 0.29) is 18.4 Å². The second-order valence-corrected chi connectivity index (χ2v) is 4.50. The molecular formula is C15H23N3O4. The molecule has 0 fully saturated rings. The number of nitrogens with one attached hydrogen (secondary N) is 3. The van der Waals surface area contributed by atoms with E-state index in [4.69, 9.17) is 9.47 Å². The predicted molar refractivity (Wildman–Crippen MR) is 83.1 cm³/mol. The Morgan fingerprint density at radius 1 is 1.00 bits per heavy atom. The Bertz CT molecular complexity index is 462. The smallest absolute Gasteiger partial charge is 0.251 e. The van der Waals surface area contributed by atoms with Crippen LogP contribution in [0.2, 0.25) is 0 Å². The first-order valence-electron chi connectivity index (χ1n) is 7.06. The van der Waals surface area contributed by atoms with Gasteiger partial charge in [0.15, 0.2) is 0 Å². The van der Waals surface area contributed by atoms with Crippen molar-refractivity contribution in [1.29, 1.82) is 0 Å². The molecule has 0 unspecified atom stereocenters. The molecule has 0 aliphatic carbocycles. The maximum atomic E-state index is 11.8. The first-order chi connectivity index (χ1) is 10.7. The molecule has 7 nitrogen and oxygen atoms in total. The van der Waals surface area contributed by atoms with Crippen molar-refractivity contribution in [2.24, 2.45) is 0 Å². The molecule has 1 aromatic carbocycles. The van der Waals surface area contributed by atoms with E-state index in [1.165, 1.54) is 0 Å². The van der Waals surface area contributed by atoms with Crippen molar-refractivity contribution in [2.45, 2.75) is 0 Å². The van der Waals surface area contributed by atoms with Crippen LogP contribution in [-0.2, 0) is 9.53 Å². The van der Waals surface area contributed by atoms with Crippen LogP contribution in [0.3, 0.4) is 0 Å². The molecular weight excluding hydrogens is 286 g/mol. The van der Waals surface area contributed by atoms with E-state index in [0.29, 0.717) is 37.6 Å². The number of carbonyl (C=O) groups is 2. The Hall–Kier alpha value is -2.12. The molecule has 0 heterocycles. The van der Waals surface area contributed by atoms with Crippen molar-refractivity contribution in [3.8, 4) is 5.75 Å². The highest BCUT2D eigenvalue weighted by Crippen LogP contribution is 2.10. The Balaban J connectivity index is 2.15. The van der Waals surface area contributed by atoms with Crippen molar-refractivity contribution in [3.63, 3.8) is 0 Å². The minimum absolute atomic E-state index is 0.116. The van der Waals surface area contributed by atoms with Crippen molar-refractivity contribution in [1.82, 2.24) is 16.0 Å².